The number of likely N-dealkylation sites (N-methyl/N-ethyl adjacent to an activating group) is 1. The Morgan fingerprint density at radius 3 is 2.70 bits per heavy atom. The van der Waals surface area contributed by atoms with Crippen LogP contribution < -0.4 is 15.5 Å². The van der Waals surface area contributed by atoms with Crippen LogP contribution in [0.15, 0.2) is 5.38 Å². The quantitative estimate of drug-likeness (QED) is 0.791. The Kier molecular flexibility index (Phi) is 6.60. The molecule has 0 radical (unpaired) electrons. The molecular formula is C13H22N4O2S. The first-order valence-corrected chi connectivity index (χ1v) is 7.61. The third-order valence-electron chi connectivity index (χ3n) is 2.80. The molecule has 1 rings (SSSR count). The Labute approximate surface area is 123 Å². The highest BCUT2D eigenvalue weighted by atomic mass is 32.1. The smallest absolute Gasteiger partial charge is 0.236 e. The maximum absolute atomic E-state index is 11.6. The first kappa shape index (κ1) is 16.6. The average Bonchev–Trinajstić information content (AvgIpc) is 2.85. The molecule has 0 aliphatic heterocycles. The molecule has 6 nitrogen and oxygen atoms in total. The lowest BCUT2D eigenvalue weighted by Gasteiger charge is -2.14. The minimum atomic E-state index is -0.268. The van der Waals surface area contributed by atoms with Gasteiger partial charge in [-0.1, -0.05) is 0 Å². The van der Waals surface area contributed by atoms with Crippen molar-refractivity contribution < 1.29 is 9.59 Å². The summed E-state index contributed by atoms with van der Waals surface area (Å²) in [7, 11) is 0. The van der Waals surface area contributed by atoms with Crippen LogP contribution >= 0.6 is 11.3 Å². The summed E-state index contributed by atoms with van der Waals surface area (Å²) in [5, 5.41) is 8.47. The van der Waals surface area contributed by atoms with Crippen LogP contribution in [0.2, 0.25) is 0 Å². The van der Waals surface area contributed by atoms with Crippen molar-refractivity contribution in [3.05, 3.63) is 11.1 Å². The molecule has 0 aliphatic rings. The van der Waals surface area contributed by atoms with Gasteiger partial charge in [0.15, 0.2) is 5.13 Å². The number of carbonyl (C=O) groups is 2. The van der Waals surface area contributed by atoms with Crippen LogP contribution in [-0.2, 0) is 16.1 Å². The van der Waals surface area contributed by atoms with Crippen LogP contribution in [0.5, 0.6) is 0 Å². The van der Waals surface area contributed by atoms with E-state index >= 15 is 0 Å². The van der Waals surface area contributed by atoms with Gasteiger partial charge < -0.3 is 10.6 Å². The summed E-state index contributed by atoms with van der Waals surface area (Å²) in [6, 6.07) is -0.268. The Morgan fingerprint density at radius 2 is 2.15 bits per heavy atom. The van der Waals surface area contributed by atoms with Gasteiger partial charge in [0, 0.05) is 31.9 Å². The van der Waals surface area contributed by atoms with Crippen molar-refractivity contribution in [1.29, 1.82) is 0 Å². The standard InChI is InChI=1S/C13H22N4O2S/c1-5-14-12(19)9(3)15-7-11-8-20-13(16-11)17(6-2)10(4)18/h8-9,15H,5-7H2,1-4H3,(H,14,19). The van der Waals surface area contributed by atoms with Crippen LogP contribution in [0.25, 0.3) is 0 Å². The SMILES string of the molecule is CCNC(=O)C(C)NCc1csc(N(CC)C(C)=O)n1. The zero-order chi connectivity index (χ0) is 15.1. The lowest BCUT2D eigenvalue weighted by Crippen LogP contribution is -2.41. The van der Waals surface area contributed by atoms with Gasteiger partial charge in [0.05, 0.1) is 11.7 Å². The first-order valence-electron chi connectivity index (χ1n) is 6.73. The molecule has 1 aromatic rings. The van der Waals surface area contributed by atoms with E-state index in [1.54, 1.807) is 4.90 Å². The molecular weight excluding hydrogens is 276 g/mol. The predicted octanol–water partition coefficient (Wildman–Crippen LogP) is 1.13. The molecule has 112 valence electrons. The van der Waals surface area contributed by atoms with Gasteiger partial charge in [-0.3, -0.25) is 14.5 Å². The largest absolute Gasteiger partial charge is 0.355 e. The summed E-state index contributed by atoms with van der Waals surface area (Å²) in [6.45, 7) is 8.87. The summed E-state index contributed by atoms with van der Waals surface area (Å²) in [5.41, 5.74) is 0.834. The fourth-order valence-corrected chi connectivity index (χ4v) is 2.60. The molecule has 0 aromatic carbocycles. The number of rotatable bonds is 7. The summed E-state index contributed by atoms with van der Waals surface area (Å²) >= 11 is 1.43. The monoisotopic (exact) mass is 298 g/mol. The van der Waals surface area contributed by atoms with E-state index in [0.29, 0.717) is 24.8 Å². The molecule has 0 aliphatic carbocycles. The number of carbonyl (C=O) groups excluding carboxylic acids is 2. The van der Waals surface area contributed by atoms with Crippen molar-refractivity contribution in [2.75, 3.05) is 18.0 Å². The van der Waals surface area contributed by atoms with E-state index in [1.807, 2.05) is 26.2 Å². The number of nitrogens with one attached hydrogen (secondary N) is 2. The molecule has 1 atom stereocenters. The summed E-state index contributed by atoms with van der Waals surface area (Å²) in [6.07, 6.45) is 0. The maximum atomic E-state index is 11.6. The molecule has 20 heavy (non-hydrogen) atoms. The van der Waals surface area contributed by atoms with E-state index in [0.717, 1.165) is 5.69 Å². The normalized spacial score (nSPS) is 12.0. The summed E-state index contributed by atoms with van der Waals surface area (Å²) in [5.74, 6) is -0.0427. The van der Waals surface area contributed by atoms with Gasteiger partial charge in [-0.05, 0) is 20.8 Å². The zero-order valence-electron chi connectivity index (χ0n) is 12.4. The second kappa shape index (κ2) is 7.96. The molecule has 7 heteroatoms. The van der Waals surface area contributed by atoms with Crippen molar-refractivity contribution >= 4 is 28.3 Å². The van der Waals surface area contributed by atoms with Crippen LogP contribution in [0.3, 0.4) is 0 Å². The molecule has 1 aromatic heterocycles. The van der Waals surface area contributed by atoms with E-state index < -0.39 is 0 Å². The highest BCUT2D eigenvalue weighted by Gasteiger charge is 2.15. The van der Waals surface area contributed by atoms with E-state index in [2.05, 4.69) is 15.6 Å². The van der Waals surface area contributed by atoms with Crippen molar-refractivity contribution in [1.82, 2.24) is 15.6 Å². The number of amides is 2. The third kappa shape index (κ3) is 4.57. The van der Waals surface area contributed by atoms with Gasteiger partial charge in [-0.25, -0.2) is 4.98 Å². The molecule has 0 bridgehead atoms. The van der Waals surface area contributed by atoms with Crippen LogP contribution in [0, 0.1) is 0 Å². The molecule has 0 spiro atoms. The molecule has 2 amide bonds. The summed E-state index contributed by atoms with van der Waals surface area (Å²) < 4.78 is 0. The Balaban J connectivity index is 2.56. The topological polar surface area (TPSA) is 74.3 Å². The van der Waals surface area contributed by atoms with Crippen molar-refractivity contribution in [2.45, 2.75) is 40.3 Å². The number of thiazole rings is 1. The maximum Gasteiger partial charge on any atom is 0.236 e. The second-order valence-corrected chi connectivity index (χ2v) is 5.22. The number of hydrogen-bond donors (Lipinski definition) is 2. The van der Waals surface area contributed by atoms with Crippen LogP contribution in [0.4, 0.5) is 5.13 Å². The first-order chi connectivity index (χ1) is 9.49. The van der Waals surface area contributed by atoms with E-state index in [1.165, 1.54) is 18.3 Å². The second-order valence-electron chi connectivity index (χ2n) is 4.38. The Morgan fingerprint density at radius 1 is 1.45 bits per heavy atom. The molecule has 0 saturated heterocycles. The fraction of sp³-hybridized carbons (Fsp3) is 0.615. The van der Waals surface area contributed by atoms with Crippen molar-refractivity contribution in [2.24, 2.45) is 0 Å². The molecule has 2 N–H and O–H groups in total. The van der Waals surface area contributed by atoms with Gasteiger partial charge in [-0.15, -0.1) is 11.3 Å². The van der Waals surface area contributed by atoms with E-state index in [9.17, 15) is 9.59 Å². The van der Waals surface area contributed by atoms with Crippen LogP contribution in [-0.4, -0.2) is 35.9 Å². The number of aromatic nitrogens is 1. The Bertz CT molecular complexity index is 461. The minimum Gasteiger partial charge on any atom is -0.355 e. The van der Waals surface area contributed by atoms with Gasteiger partial charge in [-0.2, -0.15) is 0 Å². The van der Waals surface area contributed by atoms with Crippen molar-refractivity contribution in [3.63, 3.8) is 0 Å². The number of hydrogen-bond acceptors (Lipinski definition) is 5. The zero-order valence-corrected chi connectivity index (χ0v) is 13.2. The van der Waals surface area contributed by atoms with Gasteiger partial charge in [0.25, 0.3) is 0 Å². The average molecular weight is 298 g/mol. The van der Waals surface area contributed by atoms with Gasteiger partial charge in [0.2, 0.25) is 11.8 Å². The third-order valence-corrected chi connectivity index (χ3v) is 3.71. The lowest BCUT2D eigenvalue weighted by atomic mass is 10.3. The van der Waals surface area contributed by atoms with Gasteiger partial charge in [0.1, 0.15) is 0 Å². The summed E-state index contributed by atoms with van der Waals surface area (Å²) in [4.78, 5) is 29.0. The molecule has 1 unspecified atom stereocenters. The Hall–Kier alpha value is -1.47. The van der Waals surface area contributed by atoms with E-state index in [-0.39, 0.29) is 17.9 Å². The van der Waals surface area contributed by atoms with Gasteiger partial charge >= 0.3 is 0 Å². The highest BCUT2D eigenvalue weighted by Crippen LogP contribution is 2.20. The molecule has 0 saturated carbocycles. The lowest BCUT2D eigenvalue weighted by molar-refractivity contribution is -0.122. The van der Waals surface area contributed by atoms with Crippen molar-refractivity contribution in [3.8, 4) is 0 Å². The minimum absolute atomic E-state index is 0.0166. The molecule has 0 fully saturated rings. The van der Waals surface area contributed by atoms with Crippen LogP contribution in [0.1, 0.15) is 33.4 Å². The van der Waals surface area contributed by atoms with E-state index in [4.69, 9.17) is 0 Å². The molecule has 1 heterocycles. The fourth-order valence-electron chi connectivity index (χ4n) is 1.67. The highest BCUT2D eigenvalue weighted by molar-refractivity contribution is 7.14. The predicted molar refractivity (Wildman–Crippen MR) is 80.8 cm³/mol. The number of nitrogens with zero attached hydrogens (tertiary/aromatic N) is 2. The number of anilines is 1.